The predicted molar refractivity (Wildman–Crippen MR) is 110 cm³/mol. The van der Waals surface area contributed by atoms with Crippen LogP contribution < -0.4 is 5.32 Å². The van der Waals surface area contributed by atoms with Gasteiger partial charge in [-0.3, -0.25) is 4.79 Å². The van der Waals surface area contributed by atoms with Crippen molar-refractivity contribution in [1.29, 1.82) is 0 Å². The standard InChI is InChI=1S/C23H24F3NO3/c1-4-15(2)19-10-5-6-11-20(19)27-22(29)16(3)30-21(28)13-12-17-8-7-9-18(14-17)23(24,25)26/h5-16H,4H2,1-3H3,(H,27,29)/b13-12+/t15-,16+/m1/s1. The number of anilines is 1. The Hall–Kier alpha value is -3.09. The highest BCUT2D eigenvalue weighted by Gasteiger charge is 2.30. The van der Waals surface area contributed by atoms with Crippen LogP contribution in [0.2, 0.25) is 0 Å². The minimum absolute atomic E-state index is 0.196. The first-order valence-electron chi connectivity index (χ1n) is 9.57. The van der Waals surface area contributed by atoms with Crippen LogP contribution in [0, 0.1) is 0 Å². The average molecular weight is 419 g/mol. The maximum absolute atomic E-state index is 12.7. The topological polar surface area (TPSA) is 55.4 Å². The van der Waals surface area contributed by atoms with E-state index in [9.17, 15) is 22.8 Å². The fourth-order valence-corrected chi connectivity index (χ4v) is 2.74. The number of amides is 1. The molecule has 30 heavy (non-hydrogen) atoms. The number of alkyl halides is 3. The summed E-state index contributed by atoms with van der Waals surface area (Å²) >= 11 is 0. The molecule has 2 aromatic rings. The van der Waals surface area contributed by atoms with E-state index in [1.54, 1.807) is 12.1 Å². The highest BCUT2D eigenvalue weighted by Crippen LogP contribution is 2.30. The molecule has 1 amide bonds. The number of para-hydroxylation sites is 1. The Morgan fingerprint density at radius 3 is 2.47 bits per heavy atom. The zero-order valence-electron chi connectivity index (χ0n) is 17.0. The molecular weight excluding hydrogens is 395 g/mol. The van der Waals surface area contributed by atoms with Crippen molar-refractivity contribution >= 4 is 23.6 Å². The van der Waals surface area contributed by atoms with Crippen molar-refractivity contribution in [3.8, 4) is 0 Å². The van der Waals surface area contributed by atoms with Crippen LogP contribution in [-0.4, -0.2) is 18.0 Å². The summed E-state index contributed by atoms with van der Waals surface area (Å²) in [4.78, 5) is 24.4. The van der Waals surface area contributed by atoms with Crippen LogP contribution in [0.5, 0.6) is 0 Å². The van der Waals surface area contributed by atoms with Crippen LogP contribution in [-0.2, 0) is 20.5 Å². The maximum atomic E-state index is 12.7. The lowest BCUT2D eigenvalue weighted by molar-refractivity contribution is -0.148. The second-order valence-electron chi connectivity index (χ2n) is 6.92. The number of nitrogens with one attached hydrogen (secondary N) is 1. The molecule has 2 atom stereocenters. The lowest BCUT2D eigenvalue weighted by Crippen LogP contribution is -2.29. The van der Waals surface area contributed by atoms with E-state index in [1.165, 1.54) is 25.1 Å². The summed E-state index contributed by atoms with van der Waals surface area (Å²) in [5.41, 5.74) is 1.02. The van der Waals surface area contributed by atoms with E-state index in [2.05, 4.69) is 5.32 Å². The van der Waals surface area contributed by atoms with E-state index < -0.39 is 29.7 Å². The normalized spacial score (nSPS) is 13.7. The summed E-state index contributed by atoms with van der Waals surface area (Å²) in [7, 11) is 0. The van der Waals surface area contributed by atoms with Gasteiger partial charge in [-0.05, 0) is 54.7 Å². The molecule has 160 valence electrons. The Kier molecular flexibility index (Phi) is 7.80. The molecule has 0 radical (unpaired) electrons. The molecule has 4 nitrogen and oxygen atoms in total. The van der Waals surface area contributed by atoms with E-state index in [-0.39, 0.29) is 11.5 Å². The van der Waals surface area contributed by atoms with Gasteiger partial charge in [-0.2, -0.15) is 13.2 Å². The second kappa shape index (κ2) is 10.1. The third kappa shape index (κ3) is 6.47. The predicted octanol–water partition coefficient (Wildman–Crippen LogP) is 5.80. The molecule has 0 aliphatic carbocycles. The summed E-state index contributed by atoms with van der Waals surface area (Å²) in [6.45, 7) is 5.52. The summed E-state index contributed by atoms with van der Waals surface area (Å²) in [6.07, 6.45) is -2.44. The average Bonchev–Trinajstić information content (AvgIpc) is 2.71. The van der Waals surface area contributed by atoms with E-state index in [0.29, 0.717) is 5.69 Å². The van der Waals surface area contributed by atoms with Gasteiger partial charge in [-0.25, -0.2) is 4.79 Å². The summed E-state index contributed by atoms with van der Waals surface area (Å²) < 4.78 is 43.3. The number of carbonyl (C=O) groups is 2. The Morgan fingerprint density at radius 2 is 1.80 bits per heavy atom. The number of hydrogen-bond donors (Lipinski definition) is 1. The Labute approximate surface area is 173 Å². The molecule has 0 heterocycles. The van der Waals surface area contributed by atoms with Gasteiger partial charge < -0.3 is 10.1 Å². The zero-order valence-corrected chi connectivity index (χ0v) is 17.0. The lowest BCUT2D eigenvalue weighted by Gasteiger charge is -2.17. The number of carbonyl (C=O) groups excluding carboxylic acids is 2. The van der Waals surface area contributed by atoms with Gasteiger partial charge in [0.2, 0.25) is 0 Å². The monoisotopic (exact) mass is 419 g/mol. The van der Waals surface area contributed by atoms with Gasteiger partial charge >= 0.3 is 12.1 Å². The second-order valence-corrected chi connectivity index (χ2v) is 6.92. The summed E-state index contributed by atoms with van der Waals surface area (Å²) in [6, 6.07) is 11.9. The summed E-state index contributed by atoms with van der Waals surface area (Å²) in [5.74, 6) is -1.08. The summed E-state index contributed by atoms with van der Waals surface area (Å²) in [5, 5.41) is 2.76. The van der Waals surface area contributed by atoms with Crippen LogP contribution in [0.4, 0.5) is 18.9 Å². The fourth-order valence-electron chi connectivity index (χ4n) is 2.74. The minimum atomic E-state index is -4.47. The Balaban J connectivity index is 1.99. The van der Waals surface area contributed by atoms with Gasteiger partial charge in [-0.15, -0.1) is 0 Å². The van der Waals surface area contributed by atoms with Crippen molar-refractivity contribution in [1.82, 2.24) is 0 Å². The number of benzene rings is 2. The fraction of sp³-hybridized carbons (Fsp3) is 0.304. The van der Waals surface area contributed by atoms with Gasteiger partial charge in [-0.1, -0.05) is 44.2 Å². The third-order valence-electron chi connectivity index (χ3n) is 4.65. The molecule has 7 heteroatoms. The molecule has 0 fully saturated rings. The number of halogens is 3. The number of hydrogen-bond acceptors (Lipinski definition) is 3. The van der Waals surface area contributed by atoms with Gasteiger partial charge in [0.1, 0.15) is 0 Å². The smallest absolute Gasteiger partial charge is 0.416 e. The SMILES string of the molecule is CC[C@@H](C)c1ccccc1NC(=O)[C@H](C)OC(=O)/C=C/c1cccc(C(F)(F)F)c1. The highest BCUT2D eigenvalue weighted by molar-refractivity contribution is 5.97. The van der Waals surface area contributed by atoms with Crippen LogP contribution in [0.1, 0.15) is 49.8 Å². The van der Waals surface area contributed by atoms with Crippen molar-refractivity contribution in [2.24, 2.45) is 0 Å². The first-order chi connectivity index (χ1) is 14.1. The minimum Gasteiger partial charge on any atom is -0.449 e. The lowest BCUT2D eigenvalue weighted by atomic mass is 9.97. The van der Waals surface area contributed by atoms with E-state index in [4.69, 9.17) is 4.74 Å². The van der Waals surface area contributed by atoms with Crippen LogP contribution >= 0.6 is 0 Å². The molecule has 0 aliphatic rings. The molecule has 2 rings (SSSR count). The quantitative estimate of drug-likeness (QED) is 0.456. The van der Waals surface area contributed by atoms with Crippen molar-refractivity contribution in [2.45, 2.75) is 45.4 Å². The number of esters is 1. The first kappa shape index (κ1) is 23.2. The molecular formula is C23H24F3NO3. The zero-order chi connectivity index (χ0) is 22.3. The molecule has 0 aromatic heterocycles. The largest absolute Gasteiger partial charge is 0.449 e. The number of ether oxygens (including phenoxy) is 1. The highest BCUT2D eigenvalue weighted by atomic mass is 19.4. The van der Waals surface area contributed by atoms with Crippen LogP contribution in [0.3, 0.4) is 0 Å². The Bertz CT molecular complexity index is 922. The first-order valence-corrected chi connectivity index (χ1v) is 9.57. The van der Waals surface area contributed by atoms with Crippen molar-refractivity contribution in [3.05, 3.63) is 71.3 Å². The maximum Gasteiger partial charge on any atom is 0.416 e. The molecule has 0 aliphatic heterocycles. The van der Waals surface area contributed by atoms with Crippen LogP contribution in [0.25, 0.3) is 6.08 Å². The molecule has 0 saturated carbocycles. The van der Waals surface area contributed by atoms with Crippen molar-refractivity contribution in [2.75, 3.05) is 5.32 Å². The molecule has 0 bridgehead atoms. The van der Waals surface area contributed by atoms with Gasteiger partial charge in [0.25, 0.3) is 5.91 Å². The molecule has 0 unspecified atom stereocenters. The van der Waals surface area contributed by atoms with Crippen LogP contribution in [0.15, 0.2) is 54.6 Å². The molecule has 1 N–H and O–H groups in total. The Morgan fingerprint density at radius 1 is 1.10 bits per heavy atom. The number of rotatable bonds is 7. The molecule has 0 saturated heterocycles. The third-order valence-corrected chi connectivity index (χ3v) is 4.65. The van der Waals surface area contributed by atoms with Crippen molar-refractivity contribution < 1.29 is 27.5 Å². The van der Waals surface area contributed by atoms with Gasteiger partial charge in [0.05, 0.1) is 5.56 Å². The van der Waals surface area contributed by atoms with E-state index in [1.807, 2.05) is 26.0 Å². The van der Waals surface area contributed by atoms with E-state index >= 15 is 0 Å². The molecule has 0 spiro atoms. The van der Waals surface area contributed by atoms with Gasteiger partial charge in [0, 0.05) is 11.8 Å². The van der Waals surface area contributed by atoms with E-state index in [0.717, 1.165) is 30.2 Å². The van der Waals surface area contributed by atoms with Crippen molar-refractivity contribution in [3.63, 3.8) is 0 Å². The van der Waals surface area contributed by atoms with Gasteiger partial charge in [0.15, 0.2) is 6.10 Å². The molecule has 2 aromatic carbocycles.